The Morgan fingerprint density at radius 3 is 2.73 bits per heavy atom. The second-order valence-corrected chi connectivity index (χ2v) is 9.20. The van der Waals surface area contributed by atoms with E-state index in [9.17, 15) is 9.59 Å². The number of amides is 1. The van der Waals surface area contributed by atoms with Gasteiger partial charge in [0, 0.05) is 40.9 Å². The van der Waals surface area contributed by atoms with Crippen LogP contribution in [-0.2, 0) is 9.59 Å². The number of hydrogen-bond acceptors (Lipinski definition) is 5. The van der Waals surface area contributed by atoms with E-state index in [4.69, 9.17) is 27.7 Å². The summed E-state index contributed by atoms with van der Waals surface area (Å²) in [6.07, 6.45) is 2.45. The molecular formula is C22H21Cl2N3O3. The molecule has 156 valence electrons. The predicted molar refractivity (Wildman–Crippen MR) is 115 cm³/mol. The molecule has 4 rings (SSSR count). The largest absolute Gasteiger partial charge is 0.363 e. The molecule has 6 nitrogen and oxygen atoms in total. The average molecular weight is 446 g/mol. The summed E-state index contributed by atoms with van der Waals surface area (Å²) in [5, 5.41) is 10.5. The number of Topliss-reactive ketones (excluding diaryl/α,β-unsaturated/α-hetero) is 1. The predicted octanol–water partition coefficient (Wildman–Crippen LogP) is 5.22. The van der Waals surface area contributed by atoms with E-state index in [1.54, 1.807) is 24.3 Å². The van der Waals surface area contributed by atoms with Crippen LogP contribution in [0.5, 0.6) is 0 Å². The second kappa shape index (κ2) is 7.60. The third-order valence-corrected chi connectivity index (χ3v) is 6.29. The summed E-state index contributed by atoms with van der Waals surface area (Å²) in [5.74, 6) is -0.747. The summed E-state index contributed by atoms with van der Waals surface area (Å²) in [7, 11) is 0. The first-order valence-corrected chi connectivity index (χ1v) is 10.3. The van der Waals surface area contributed by atoms with Crippen molar-refractivity contribution in [3.05, 3.63) is 68.7 Å². The fourth-order valence-corrected chi connectivity index (χ4v) is 4.67. The Morgan fingerprint density at radius 1 is 1.27 bits per heavy atom. The fraction of sp³-hybridized carbons (Fsp3) is 0.318. The van der Waals surface area contributed by atoms with E-state index in [2.05, 4.69) is 29.6 Å². The van der Waals surface area contributed by atoms with Gasteiger partial charge in [-0.2, -0.15) is 0 Å². The van der Waals surface area contributed by atoms with Crippen molar-refractivity contribution in [2.45, 2.75) is 39.5 Å². The smallest absolute Gasteiger partial charge is 0.255 e. The molecule has 2 aromatic rings. The standard InChI is InChI=1S/C22H21Cl2N3O3/c1-11-17(21(29)26-16-7-8-30-27-16)18(12-5-4-6-13(23)20(12)24)19-14(25-11)9-22(2,3)10-15(19)28/h4-8,18,25H,9-10H2,1-3H3,(H,26,27,29). The highest BCUT2D eigenvalue weighted by Crippen LogP contribution is 2.48. The second-order valence-electron chi connectivity index (χ2n) is 8.41. The van der Waals surface area contributed by atoms with Gasteiger partial charge < -0.3 is 15.2 Å². The molecule has 0 saturated carbocycles. The Kier molecular flexibility index (Phi) is 5.24. The Labute approximate surface area is 184 Å². The summed E-state index contributed by atoms with van der Waals surface area (Å²) in [6.45, 7) is 5.94. The summed E-state index contributed by atoms with van der Waals surface area (Å²) in [5.41, 5.74) is 2.89. The highest BCUT2D eigenvalue weighted by atomic mass is 35.5. The van der Waals surface area contributed by atoms with Gasteiger partial charge in [-0.3, -0.25) is 9.59 Å². The number of halogens is 2. The van der Waals surface area contributed by atoms with Crippen molar-refractivity contribution in [2.24, 2.45) is 5.41 Å². The number of nitrogens with zero attached hydrogens (tertiary/aromatic N) is 1. The highest BCUT2D eigenvalue weighted by molar-refractivity contribution is 6.42. The van der Waals surface area contributed by atoms with Gasteiger partial charge in [-0.05, 0) is 30.4 Å². The number of aromatic nitrogens is 1. The number of carbonyl (C=O) groups excluding carboxylic acids is 2. The Morgan fingerprint density at radius 2 is 2.03 bits per heavy atom. The van der Waals surface area contributed by atoms with Crippen LogP contribution >= 0.6 is 23.2 Å². The van der Waals surface area contributed by atoms with Gasteiger partial charge in [0.15, 0.2) is 11.6 Å². The molecule has 1 amide bonds. The first-order valence-electron chi connectivity index (χ1n) is 9.57. The first kappa shape index (κ1) is 20.7. The minimum Gasteiger partial charge on any atom is -0.363 e. The zero-order valence-electron chi connectivity index (χ0n) is 16.8. The van der Waals surface area contributed by atoms with Crippen molar-refractivity contribution in [3.63, 3.8) is 0 Å². The molecule has 0 radical (unpaired) electrons. The molecular weight excluding hydrogens is 425 g/mol. The molecule has 0 spiro atoms. The summed E-state index contributed by atoms with van der Waals surface area (Å²) in [4.78, 5) is 26.5. The molecule has 0 saturated heterocycles. The van der Waals surface area contributed by atoms with Crippen LogP contribution in [0.15, 0.2) is 57.6 Å². The van der Waals surface area contributed by atoms with Gasteiger partial charge >= 0.3 is 0 Å². The third kappa shape index (κ3) is 3.66. The number of allylic oxidation sites excluding steroid dienone is 3. The van der Waals surface area contributed by atoms with Crippen molar-refractivity contribution in [1.29, 1.82) is 0 Å². The van der Waals surface area contributed by atoms with E-state index in [0.29, 0.717) is 45.3 Å². The quantitative estimate of drug-likeness (QED) is 0.675. The van der Waals surface area contributed by atoms with Crippen molar-refractivity contribution in [3.8, 4) is 0 Å². The lowest BCUT2D eigenvalue weighted by Gasteiger charge is -2.39. The molecule has 1 aromatic carbocycles. The Balaban J connectivity index is 1.87. The van der Waals surface area contributed by atoms with Gasteiger partial charge in [0.1, 0.15) is 6.26 Å². The molecule has 2 N–H and O–H groups in total. The van der Waals surface area contributed by atoms with E-state index >= 15 is 0 Å². The van der Waals surface area contributed by atoms with Crippen molar-refractivity contribution >= 4 is 40.7 Å². The zero-order chi connectivity index (χ0) is 21.6. The third-order valence-electron chi connectivity index (χ3n) is 5.46. The summed E-state index contributed by atoms with van der Waals surface area (Å²) >= 11 is 12.8. The molecule has 0 bridgehead atoms. The molecule has 1 aromatic heterocycles. The summed E-state index contributed by atoms with van der Waals surface area (Å²) < 4.78 is 4.80. The van der Waals surface area contributed by atoms with Crippen molar-refractivity contribution < 1.29 is 14.1 Å². The molecule has 1 atom stereocenters. The number of ketones is 1. The molecule has 1 unspecified atom stereocenters. The Bertz CT molecular complexity index is 1100. The molecule has 1 aliphatic heterocycles. The van der Waals surface area contributed by atoms with E-state index in [0.717, 1.165) is 5.70 Å². The number of anilines is 1. The van der Waals surface area contributed by atoms with Crippen LogP contribution in [0.4, 0.5) is 5.82 Å². The minimum atomic E-state index is -0.636. The molecule has 30 heavy (non-hydrogen) atoms. The Hall–Kier alpha value is -2.57. The van der Waals surface area contributed by atoms with Crippen molar-refractivity contribution in [1.82, 2.24) is 10.5 Å². The van der Waals surface area contributed by atoms with Gasteiger partial charge in [0.25, 0.3) is 5.91 Å². The maximum Gasteiger partial charge on any atom is 0.255 e. The van der Waals surface area contributed by atoms with Gasteiger partial charge in [-0.15, -0.1) is 0 Å². The molecule has 2 aliphatic rings. The molecule has 0 fully saturated rings. The topological polar surface area (TPSA) is 84.2 Å². The number of nitrogens with one attached hydrogen (secondary N) is 2. The SMILES string of the molecule is CC1=C(C(=O)Nc2ccon2)C(c2cccc(Cl)c2Cl)C2=C(CC(C)(C)CC2=O)N1. The van der Waals surface area contributed by atoms with Gasteiger partial charge in [-0.1, -0.05) is 54.3 Å². The lowest BCUT2D eigenvalue weighted by atomic mass is 9.68. The van der Waals surface area contributed by atoms with Crippen molar-refractivity contribution in [2.75, 3.05) is 5.32 Å². The van der Waals surface area contributed by atoms with Gasteiger partial charge in [0.2, 0.25) is 0 Å². The van der Waals surface area contributed by atoms with E-state index < -0.39 is 5.92 Å². The van der Waals surface area contributed by atoms with Crippen LogP contribution in [0, 0.1) is 5.41 Å². The number of dihydropyridines is 1. The average Bonchev–Trinajstić information content (AvgIpc) is 3.14. The van der Waals surface area contributed by atoms with Crippen LogP contribution < -0.4 is 10.6 Å². The highest BCUT2D eigenvalue weighted by Gasteiger charge is 2.43. The molecule has 2 heterocycles. The molecule has 1 aliphatic carbocycles. The van der Waals surface area contributed by atoms with Crippen LogP contribution in [-0.4, -0.2) is 16.8 Å². The van der Waals surface area contributed by atoms with E-state index in [1.165, 1.54) is 6.26 Å². The maximum atomic E-state index is 13.3. The van der Waals surface area contributed by atoms with Crippen LogP contribution in [0.1, 0.15) is 45.1 Å². The van der Waals surface area contributed by atoms with Gasteiger partial charge in [-0.25, -0.2) is 0 Å². The first-order chi connectivity index (χ1) is 14.2. The lowest BCUT2D eigenvalue weighted by Crippen LogP contribution is -2.39. The van der Waals surface area contributed by atoms with Crippen LogP contribution in [0.25, 0.3) is 0 Å². The molecule has 8 heteroatoms. The number of rotatable bonds is 3. The zero-order valence-corrected chi connectivity index (χ0v) is 18.3. The van der Waals surface area contributed by atoms with E-state index in [-0.39, 0.29) is 22.9 Å². The van der Waals surface area contributed by atoms with E-state index in [1.807, 2.05) is 6.92 Å². The fourth-order valence-electron chi connectivity index (χ4n) is 4.25. The number of carbonyl (C=O) groups is 2. The van der Waals surface area contributed by atoms with Gasteiger partial charge in [0.05, 0.1) is 10.0 Å². The van der Waals surface area contributed by atoms with Crippen LogP contribution in [0.3, 0.4) is 0 Å². The minimum absolute atomic E-state index is 0.00553. The number of benzene rings is 1. The normalized spacial score (nSPS) is 20.7. The monoisotopic (exact) mass is 445 g/mol. The maximum absolute atomic E-state index is 13.3. The summed E-state index contributed by atoms with van der Waals surface area (Å²) in [6, 6.07) is 6.80. The van der Waals surface area contributed by atoms with Crippen LogP contribution in [0.2, 0.25) is 10.0 Å². The lowest BCUT2D eigenvalue weighted by molar-refractivity contribution is -0.118. The number of hydrogen-bond donors (Lipinski definition) is 2.